The number of carbonyl (C=O) groups is 1. The van der Waals surface area contributed by atoms with Gasteiger partial charge in [0, 0.05) is 10.6 Å². The van der Waals surface area contributed by atoms with E-state index in [9.17, 15) is 9.90 Å². The number of hydrogen-bond acceptors (Lipinski definition) is 2. The molecule has 0 saturated carbocycles. The normalized spacial score (nSPS) is 12.1. The highest BCUT2D eigenvalue weighted by Crippen LogP contribution is 2.21. The molecule has 0 saturated heterocycles. The number of amides is 1. The lowest BCUT2D eigenvalue weighted by Crippen LogP contribution is -2.26. The largest absolute Gasteiger partial charge is 0.465 e. The molecular formula is C9H10ClNO3. The zero-order valence-corrected chi connectivity index (χ0v) is 8.03. The van der Waals surface area contributed by atoms with Crippen LogP contribution in [0, 0.1) is 0 Å². The van der Waals surface area contributed by atoms with Crippen molar-refractivity contribution in [3.05, 3.63) is 34.9 Å². The lowest BCUT2D eigenvalue weighted by atomic mass is 10.1. The zero-order chi connectivity index (χ0) is 10.6. The molecule has 3 N–H and O–H groups in total. The Bertz CT molecular complexity index is 330. The standard InChI is InChI=1S/C9H10ClNO3/c10-7-4-2-1-3-6(7)8(12)5-11-9(13)14/h1-4,8,11-12H,5H2,(H,13,14). The van der Waals surface area contributed by atoms with Gasteiger partial charge in [-0.15, -0.1) is 0 Å². The molecular weight excluding hydrogens is 206 g/mol. The van der Waals surface area contributed by atoms with E-state index < -0.39 is 12.2 Å². The predicted molar refractivity (Wildman–Crippen MR) is 52.4 cm³/mol. The van der Waals surface area contributed by atoms with Gasteiger partial charge in [0.25, 0.3) is 0 Å². The molecule has 0 aliphatic carbocycles. The highest BCUT2D eigenvalue weighted by molar-refractivity contribution is 6.31. The van der Waals surface area contributed by atoms with E-state index in [1.165, 1.54) is 0 Å². The molecule has 1 rings (SSSR count). The first kappa shape index (κ1) is 10.8. The highest BCUT2D eigenvalue weighted by atomic mass is 35.5. The summed E-state index contributed by atoms with van der Waals surface area (Å²) in [7, 11) is 0. The van der Waals surface area contributed by atoms with Gasteiger partial charge in [-0.05, 0) is 6.07 Å². The topological polar surface area (TPSA) is 69.6 Å². The maximum absolute atomic E-state index is 10.2. The van der Waals surface area contributed by atoms with Crippen molar-refractivity contribution in [3.63, 3.8) is 0 Å². The summed E-state index contributed by atoms with van der Waals surface area (Å²) in [5.74, 6) is 0. The highest BCUT2D eigenvalue weighted by Gasteiger charge is 2.11. The van der Waals surface area contributed by atoms with E-state index in [1.54, 1.807) is 24.3 Å². The van der Waals surface area contributed by atoms with Gasteiger partial charge < -0.3 is 15.5 Å². The number of aliphatic hydroxyl groups is 1. The van der Waals surface area contributed by atoms with Crippen LogP contribution >= 0.6 is 11.6 Å². The Labute approximate surface area is 86.1 Å². The quantitative estimate of drug-likeness (QED) is 0.718. The fourth-order valence-electron chi connectivity index (χ4n) is 1.04. The predicted octanol–water partition coefficient (Wildman–Crippen LogP) is 1.64. The third-order valence-corrected chi connectivity index (χ3v) is 2.06. The Balaban J connectivity index is 2.65. The molecule has 0 bridgehead atoms. The van der Waals surface area contributed by atoms with Crippen molar-refractivity contribution in [1.82, 2.24) is 5.32 Å². The lowest BCUT2D eigenvalue weighted by Gasteiger charge is -2.11. The summed E-state index contributed by atoms with van der Waals surface area (Å²) in [6.45, 7) is -0.0704. The molecule has 14 heavy (non-hydrogen) atoms. The first-order valence-corrected chi connectivity index (χ1v) is 4.38. The average molecular weight is 216 g/mol. The second kappa shape index (κ2) is 4.83. The fraction of sp³-hybridized carbons (Fsp3) is 0.222. The van der Waals surface area contributed by atoms with Crippen molar-refractivity contribution in [3.8, 4) is 0 Å². The number of hydrogen-bond donors (Lipinski definition) is 3. The van der Waals surface area contributed by atoms with Gasteiger partial charge in [-0.1, -0.05) is 29.8 Å². The van der Waals surface area contributed by atoms with Crippen molar-refractivity contribution in [2.45, 2.75) is 6.10 Å². The maximum Gasteiger partial charge on any atom is 0.404 e. The van der Waals surface area contributed by atoms with Gasteiger partial charge >= 0.3 is 6.09 Å². The molecule has 0 fully saturated rings. The molecule has 5 heteroatoms. The Kier molecular flexibility index (Phi) is 3.73. The van der Waals surface area contributed by atoms with E-state index >= 15 is 0 Å². The zero-order valence-electron chi connectivity index (χ0n) is 7.27. The summed E-state index contributed by atoms with van der Waals surface area (Å²) in [4.78, 5) is 10.2. The Hall–Kier alpha value is -1.26. The van der Waals surface area contributed by atoms with Crippen molar-refractivity contribution in [2.24, 2.45) is 0 Å². The van der Waals surface area contributed by atoms with Crippen molar-refractivity contribution in [2.75, 3.05) is 6.54 Å². The molecule has 1 atom stereocenters. The minimum absolute atomic E-state index is 0.0704. The SMILES string of the molecule is O=C(O)NCC(O)c1ccccc1Cl. The van der Waals surface area contributed by atoms with E-state index in [4.69, 9.17) is 16.7 Å². The van der Waals surface area contributed by atoms with Crippen LogP contribution in [0.25, 0.3) is 0 Å². The van der Waals surface area contributed by atoms with Crippen molar-refractivity contribution in [1.29, 1.82) is 0 Å². The monoisotopic (exact) mass is 215 g/mol. The average Bonchev–Trinajstić information content (AvgIpc) is 2.15. The fourth-order valence-corrected chi connectivity index (χ4v) is 1.30. The lowest BCUT2D eigenvalue weighted by molar-refractivity contribution is 0.159. The van der Waals surface area contributed by atoms with Gasteiger partial charge in [0.15, 0.2) is 0 Å². The number of nitrogens with one attached hydrogen (secondary N) is 1. The van der Waals surface area contributed by atoms with Gasteiger partial charge in [-0.25, -0.2) is 4.79 Å². The van der Waals surface area contributed by atoms with E-state index in [0.29, 0.717) is 10.6 Å². The van der Waals surface area contributed by atoms with Gasteiger partial charge in [-0.2, -0.15) is 0 Å². The van der Waals surface area contributed by atoms with Crippen molar-refractivity contribution < 1.29 is 15.0 Å². The number of rotatable bonds is 3. The molecule has 0 heterocycles. The molecule has 0 aliphatic heterocycles. The van der Waals surface area contributed by atoms with Gasteiger partial charge in [0.1, 0.15) is 0 Å². The molecule has 0 radical (unpaired) electrons. The summed E-state index contributed by atoms with van der Waals surface area (Å²) < 4.78 is 0. The van der Waals surface area contributed by atoms with Crippen LogP contribution in [0.3, 0.4) is 0 Å². The molecule has 1 aromatic rings. The second-order valence-corrected chi connectivity index (χ2v) is 3.13. The van der Waals surface area contributed by atoms with E-state index in [1.807, 2.05) is 0 Å². The summed E-state index contributed by atoms with van der Waals surface area (Å²) in [6.07, 6.45) is -2.09. The summed E-state index contributed by atoms with van der Waals surface area (Å²) in [5.41, 5.74) is 0.517. The van der Waals surface area contributed by atoms with Gasteiger partial charge in [0.05, 0.1) is 12.6 Å². The number of halogens is 1. The number of carboxylic acid groups (broad SMARTS) is 1. The van der Waals surface area contributed by atoms with Crippen LogP contribution < -0.4 is 5.32 Å². The molecule has 0 aromatic heterocycles. The smallest absolute Gasteiger partial charge is 0.404 e. The Morgan fingerprint density at radius 2 is 2.14 bits per heavy atom. The van der Waals surface area contributed by atoms with Crippen LogP contribution in [-0.2, 0) is 0 Å². The summed E-state index contributed by atoms with van der Waals surface area (Å²) in [6, 6.07) is 6.76. The number of benzene rings is 1. The molecule has 76 valence electrons. The summed E-state index contributed by atoms with van der Waals surface area (Å²) in [5, 5.41) is 20.4. The molecule has 0 spiro atoms. The molecule has 1 aromatic carbocycles. The van der Waals surface area contributed by atoms with Gasteiger partial charge in [0.2, 0.25) is 0 Å². The van der Waals surface area contributed by atoms with E-state index in [-0.39, 0.29) is 6.54 Å². The Morgan fingerprint density at radius 3 is 2.71 bits per heavy atom. The minimum Gasteiger partial charge on any atom is -0.465 e. The maximum atomic E-state index is 10.2. The molecule has 1 amide bonds. The molecule has 1 unspecified atom stereocenters. The molecule has 0 aliphatic rings. The van der Waals surface area contributed by atoms with Crippen LogP contribution in [0.1, 0.15) is 11.7 Å². The first-order valence-electron chi connectivity index (χ1n) is 4.00. The van der Waals surface area contributed by atoms with Crippen molar-refractivity contribution >= 4 is 17.7 Å². The van der Waals surface area contributed by atoms with Crippen LogP contribution in [0.15, 0.2) is 24.3 Å². The third kappa shape index (κ3) is 2.90. The van der Waals surface area contributed by atoms with Crippen LogP contribution in [-0.4, -0.2) is 22.9 Å². The van der Waals surface area contributed by atoms with Crippen LogP contribution in [0.2, 0.25) is 5.02 Å². The third-order valence-electron chi connectivity index (χ3n) is 1.71. The van der Waals surface area contributed by atoms with E-state index in [0.717, 1.165) is 0 Å². The molecule has 4 nitrogen and oxygen atoms in total. The second-order valence-electron chi connectivity index (χ2n) is 2.72. The number of aliphatic hydroxyl groups excluding tert-OH is 1. The summed E-state index contributed by atoms with van der Waals surface area (Å²) >= 11 is 5.80. The first-order chi connectivity index (χ1) is 6.61. The Morgan fingerprint density at radius 1 is 1.50 bits per heavy atom. The van der Waals surface area contributed by atoms with Gasteiger partial charge in [-0.3, -0.25) is 0 Å². The van der Waals surface area contributed by atoms with Crippen LogP contribution in [0.5, 0.6) is 0 Å². The minimum atomic E-state index is -1.17. The van der Waals surface area contributed by atoms with E-state index in [2.05, 4.69) is 5.32 Å². The van der Waals surface area contributed by atoms with Crippen LogP contribution in [0.4, 0.5) is 4.79 Å².